The Kier molecular flexibility index (Phi) is 6.24. The van der Waals surface area contributed by atoms with Gasteiger partial charge in [0, 0.05) is 11.6 Å². The third-order valence-corrected chi connectivity index (χ3v) is 3.82. The molecule has 3 heteroatoms. The van der Waals surface area contributed by atoms with Crippen LogP contribution in [-0.4, -0.2) is 23.6 Å². The summed E-state index contributed by atoms with van der Waals surface area (Å²) in [7, 11) is 2.11. The van der Waals surface area contributed by atoms with Crippen molar-refractivity contribution in [2.75, 3.05) is 13.6 Å². The van der Waals surface area contributed by atoms with Gasteiger partial charge in [-0.05, 0) is 49.7 Å². The van der Waals surface area contributed by atoms with E-state index in [-0.39, 0.29) is 0 Å². The summed E-state index contributed by atoms with van der Waals surface area (Å²) < 4.78 is 0. The van der Waals surface area contributed by atoms with E-state index in [0.29, 0.717) is 5.02 Å². The lowest BCUT2D eigenvalue weighted by Gasteiger charge is -2.18. The van der Waals surface area contributed by atoms with Gasteiger partial charge in [0.2, 0.25) is 0 Å². The molecule has 0 radical (unpaired) electrons. The van der Waals surface area contributed by atoms with E-state index in [4.69, 9.17) is 11.6 Å². The van der Waals surface area contributed by atoms with Crippen LogP contribution < -0.4 is 0 Å². The van der Waals surface area contributed by atoms with Crippen molar-refractivity contribution in [3.63, 3.8) is 0 Å². The molecule has 0 heterocycles. The van der Waals surface area contributed by atoms with Crippen molar-refractivity contribution in [3.05, 3.63) is 70.7 Å². The minimum Gasteiger partial charge on any atom is -0.388 e. The fraction of sp³-hybridized carbons (Fsp3) is 0.333. The van der Waals surface area contributed by atoms with Gasteiger partial charge in [-0.2, -0.15) is 0 Å². The number of rotatable bonds is 7. The molecule has 0 aliphatic rings. The molecule has 1 atom stereocenters. The van der Waals surface area contributed by atoms with E-state index < -0.39 is 6.10 Å². The summed E-state index contributed by atoms with van der Waals surface area (Å²) in [6.07, 6.45) is 1.32. The topological polar surface area (TPSA) is 23.5 Å². The van der Waals surface area contributed by atoms with E-state index in [9.17, 15) is 5.11 Å². The maximum Gasteiger partial charge on any atom is 0.0790 e. The monoisotopic (exact) mass is 303 g/mol. The molecule has 0 bridgehead atoms. The Morgan fingerprint density at radius 2 is 1.71 bits per heavy atom. The summed E-state index contributed by atoms with van der Waals surface area (Å²) >= 11 is 5.85. The van der Waals surface area contributed by atoms with Gasteiger partial charge in [0.05, 0.1) is 6.10 Å². The second-order valence-corrected chi connectivity index (χ2v) is 5.87. The van der Waals surface area contributed by atoms with Crippen LogP contribution in [0.4, 0.5) is 0 Å². The van der Waals surface area contributed by atoms with Gasteiger partial charge in [-0.15, -0.1) is 0 Å². The van der Waals surface area contributed by atoms with E-state index in [1.165, 1.54) is 5.56 Å². The van der Waals surface area contributed by atoms with E-state index in [1.807, 2.05) is 30.3 Å². The summed E-state index contributed by atoms with van der Waals surface area (Å²) in [5.41, 5.74) is 2.25. The van der Waals surface area contributed by atoms with Crippen LogP contribution in [0, 0.1) is 0 Å². The maximum atomic E-state index is 10.2. The van der Waals surface area contributed by atoms with Gasteiger partial charge in [-0.3, -0.25) is 0 Å². The van der Waals surface area contributed by atoms with Gasteiger partial charge in [0.15, 0.2) is 0 Å². The molecule has 2 aromatic carbocycles. The second-order valence-electron chi connectivity index (χ2n) is 5.43. The Bertz CT molecular complexity index is 527. The normalized spacial score (nSPS) is 12.6. The van der Waals surface area contributed by atoms with Gasteiger partial charge < -0.3 is 10.0 Å². The van der Waals surface area contributed by atoms with Crippen LogP contribution >= 0.6 is 11.6 Å². The molecule has 1 unspecified atom stereocenters. The number of hydrogen-bond donors (Lipinski definition) is 1. The van der Waals surface area contributed by atoms with Crippen molar-refractivity contribution < 1.29 is 5.11 Å². The van der Waals surface area contributed by atoms with Gasteiger partial charge in [-0.1, -0.05) is 54.1 Å². The van der Waals surface area contributed by atoms with Crippen molar-refractivity contribution in [3.8, 4) is 0 Å². The fourth-order valence-corrected chi connectivity index (χ4v) is 2.51. The number of benzene rings is 2. The van der Waals surface area contributed by atoms with Gasteiger partial charge in [0.25, 0.3) is 0 Å². The number of aliphatic hydroxyl groups is 1. The molecule has 21 heavy (non-hydrogen) atoms. The SMILES string of the molecule is CN(CCCC(O)c1ccc(Cl)cc1)Cc1ccccc1. The standard InChI is InChI=1S/C18H22ClNO/c1-20(14-15-6-3-2-4-7-15)13-5-8-18(21)16-9-11-17(19)12-10-16/h2-4,6-7,9-12,18,21H,5,8,13-14H2,1H3. The Hall–Kier alpha value is -1.35. The van der Waals surface area contributed by atoms with Crippen LogP contribution in [0.25, 0.3) is 0 Å². The summed E-state index contributed by atoms with van der Waals surface area (Å²) in [6, 6.07) is 17.9. The van der Waals surface area contributed by atoms with E-state index >= 15 is 0 Å². The van der Waals surface area contributed by atoms with Crippen LogP contribution in [0.15, 0.2) is 54.6 Å². The summed E-state index contributed by atoms with van der Waals surface area (Å²) in [6.45, 7) is 1.91. The summed E-state index contributed by atoms with van der Waals surface area (Å²) in [4.78, 5) is 2.28. The second kappa shape index (κ2) is 8.18. The first-order chi connectivity index (χ1) is 10.1. The van der Waals surface area contributed by atoms with Crippen molar-refractivity contribution in [2.24, 2.45) is 0 Å². The van der Waals surface area contributed by atoms with Crippen LogP contribution in [-0.2, 0) is 6.54 Å². The molecule has 112 valence electrons. The van der Waals surface area contributed by atoms with Crippen LogP contribution in [0.2, 0.25) is 5.02 Å². The van der Waals surface area contributed by atoms with Crippen molar-refractivity contribution in [2.45, 2.75) is 25.5 Å². The lowest BCUT2D eigenvalue weighted by molar-refractivity contribution is 0.158. The predicted molar refractivity (Wildman–Crippen MR) is 88.4 cm³/mol. The van der Waals surface area contributed by atoms with Gasteiger partial charge in [-0.25, -0.2) is 0 Å². The number of halogens is 1. The molecule has 0 amide bonds. The average molecular weight is 304 g/mol. The maximum absolute atomic E-state index is 10.2. The van der Waals surface area contributed by atoms with E-state index in [0.717, 1.165) is 31.5 Å². The van der Waals surface area contributed by atoms with Crippen molar-refractivity contribution in [1.82, 2.24) is 4.90 Å². The highest BCUT2D eigenvalue weighted by Gasteiger charge is 2.08. The Balaban J connectivity index is 1.72. The first-order valence-corrected chi connectivity index (χ1v) is 7.69. The zero-order chi connectivity index (χ0) is 15.1. The number of aliphatic hydroxyl groups excluding tert-OH is 1. The minimum atomic E-state index is -0.410. The fourth-order valence-electron chi connectivity index (χ4n) is 2.38. The zero-order valence-corrected chi connectivity index (χ0v) is 13.1. The highest BCUT2D eigenvalue weighted by molar-refractivity contribution is 6.30. The molecule has 0 spiro atoms. The smallest absolute Gasteiger partial charge is 0.0790 e. The van der Waals surface area contributed by atoms with Crippen LogP contribution in [0.5, 0.6) is 0 Å². The average Bonchev–Trinajstić information content (AvgIpc) is 2.49. The highest BCUT2D eigenvalue weighted by Crippen LogP contribution is 2.20. The Morgan fingerprint density at radius 3 is 2.38 bits per heavy atom. The first kappa shape index (κ1) is 16.0. The molecular formula is C18H22ClNO. The van der Waals surface area contributed by atoms with Crippen molar-refractivity contribution in [1.29, 1.82) is 0 Å². The molecule has 0 aliphatic heterocycles. The highest BCUT2D eigenvalue weighted by atomic mass is 35.5. The molecular weight excluding hydrogens is 282 g/mol. The number of hydrogen-bond acceptors (Lipinski definition) is 2. The van der Waals surface area contributed by atoms with E-state index in [1.54, 1.807) is 0 Å². The Morgan fingerprint density at radius 1 is 1.05 bits per heavy atom. The molecule has 0 aromatic heterocycles. The van der Waals surface area contributed by atoms with Gasteiger partial charge in [0.1, 0.15) is 0 Å². The summed E-state index contributed by atoms with van der Waals surface area (Å²) in [5, 5.41) is 10.9. The lowest BCUT2D eigenvalue weighted by Crippen LogP contribution is -2.19. The zero-order valence-electron chi connectivity index (χ0n) is 12.4. The molecule has 0 saturated carbocycles. The third kappa shape index (κ3) is 5.50. The third-order valence-electron chi connectivity index (χ3n) is 3.57. The summed E-state index contributed by atoms with van der Waals surface area (Å²) in [5.74, 6) is 0. The quantitative estimate of drug-likeness (QED) is 0.825. The van der Waals surface area contributed by atoms with E-state index in [2.05, 4.69) is 36.2 Å². The molecule has 1 N–H and O–H groups in total. The Labute approximate surface area is 132 Å². The molecule has 2 rings (SSSR count). The number of nitrogens with zero attached hydrogens (tertiary/aromatic N) is 1. The van der Waals surface area contributed by atoms with Crippen LogP contribution in [0.3, 0.4) is 0 Å². The first-order valence-electron chi connectivity index (χ1n) is 7.31. The molecule has 2 aromatic rings. The van der Waals surface area contributed by atoms with Gasteiger partial charge >= 0.3 is 0 Å². The predicted octanol–water partition coefficient (Wildman–Crippen LogP) is 4.29. The molecule has 2 nitrogen and oxygen atoms in total. The van der Waals surface area contributed by atoms with Crippen molar-refractivity contribution >= 4 is 11.6 Å². The molecule has 0 fully saturated rings. The van der Waals surface area contributed by atoms with Crippen LogP contribution in [0.1, 0.15) is 30.1 Å². The minimum absolute atomic E-state index is 0.410. The molecule has 0 aliphatic carbocycles. The largest absolute Gasteiger partial charge is 0.388 e. The molecule has 0 saturated heterocycles. The lowest BCUT2D eigenvalue weighted by atomic mass is 10.0.